The van der Waals surface area contributed by atoms with Crippen molar-refractivity contribution in [1.29, 1.82) is 0 Å². The predicted octanol–water partition coefficient (Wildman–Crippen LogP) is 2.02. The van der Waals surface area contributed by atoms with E-state index in [2.05, 4.69) is 15.2 Å². The molecular weight excluding hydrogens is 220 g/mol. The number of pyridine rings is 1. The number of aromatic nitrogens is 1. The lowest BCUT2D eigenvalue weighted by molar-refractivity contribution is -0.384. The largest absolute Gasteiger partial charge is 0.370 e. The number of hydrogen-bond donors (Lipinski definition) is 1. The average molecular weight is 236 g/mol. The van der Waals surface area contributed by atoms with Gasteiger partial charge in [0.15, 0.2) is 0 Å². The number of rotatable bonds is 4. The van der Waals surface area contributed by atoms with Gasteiger partial charge in [0.05, 0.1) is 17.1 Å². The molecule has 1 saturated heterocycles. The van der Waals surface area contributed by atoms with Crippen LogP contribution in [-0.4, -0.2) is 29.5 Å². The molecule has 1 aliphatic heterocycles. The predicted molar refractivity (Wildman–Crippen MR) is 66.5 cm³/mol. The van der Waals surface area contributed by atoms with Gasteiger partial charge in [-0.25, -0.2) is 4.98 Å². The molecule has 6 heteroatoms. The Balaban J connectivity index is 2.32. The maximum absolute atomic E-state index is 10.9. The van der Waals surface area contributed by atoms with E-state index >= 15 is 0 Å². The van der Waals surface area contributed by atoms with Crippen LogP contribution in [0.5, 0.6) is 0 Å². The zero-order chi connectivity index (χ0) is 12.3. The molecule has 0 unspecified atom stereocenters. The molecule has 92 valence electrons. The van der Waals surface area contributed by atoms with Crippen LogP contribution >= 0.6 is 0 Å². The Morgan fingerprint density at radius 2 is 2.18 bits per heavy atom. The highest BCUT2D eigenvalue weighted by Gasteiger charge is 2.18. The number of anilines is 2. The van der Waals surface area contributed by atoms with Crippen molar-refractivity contribution in [3.8, 4) is 0 Å². The summed E-state index contributed by atoms with van der Waals surface area (Å²) >= 11 is 0. The quantitative estimate of drug-likeness (QED) is 0.639. The first-order valence-corrected chi connectivity index (χ1v) is 5.86. The Labute approximate surface area is 99.8 Å². The number of nitro groups is 1. The zero-order valence-corrected chi connectivity index (χ0v) is 9.85. The fraction of sp³-hybridized carbons (Fsp3) is 0.545. The van der Waals surface area contributed by atoms with Crippen molar-refractivity contribution in [3.63, 3.8) is 0 Å². The van der Waals surface area contributed by atoms with E-state index in [1.54, 1.807) is 6.07 Å². The lowest BCUT2D eigenvalue weighted by Crippen LogP contribution is -2.19. The topological polar surface area (TPSA) is 71.3 Å². The van der Waals surface area contributed by atoms with Crippen molar-refractivity contribution >= 4 is 17.3 Å². The first-order valence-electron chi connectivity index (χ1n) is 5.86. The highest BCUT2D eigenvalue weighted by molar-refractivity contribution is 5.56. The average Bonchev–Trinajstić information content (AvgIpc) is 2.82. The minimum Gasteiger partial charge on any atom is -0.370 e. The van der Waals surface area contributed by atoms with Gasteiger partial charge in [0, 0.05) is 19.6 Å². The molecule has 0 bridgehead atoms. The van der Waals surface area contributed by atoms with E-state index in [1.165, 1.54) is 6.07 Å². The second kappa shape index (κ2) is 4.99. The molecule has 0 aliphatic carbocycles. The van der Waals surface area contributed by atoms with Crippen LogP contribution in [0.15, 0.2) is 12.1 Å². The summed E-state index contributed by atoms with van der Waals surface area (Å²) in [5.74, 6) is 1.27. The molecule has 0 atom stereocenters. The first-order chi connectivity index (χ1) is 8.20. The molecule has 1 aliphatic rings. The molecule has 2 rings (SSSR count). The summed E-state index contributed by atoms with van der Waals surface area (Å²) < 4.78 is 0. The minimum absolute atomic E-state index is 0.0952. The van der Waals surface area contributed by atoms with Gasteiger partial charge in [-0.05, 0) is 19.8 Å². The second-order valence-corrected chi connectivity index (χ2v) is 4.05. The van der Waals surface area contributed by atoms with Gasteiger partial charge in [-0.15, -0.1) is 0 Å². The van der Waals surface area contributed by atoms with Crippen LogP contribution in [0.2, 0.25) is 0 Å². The van der Waals surface area contributed by atoms with Crippen LogP contribution < -0.4 is 10.2 Å². The maximum atomic E-state index is 10.9. The van der Waals surface area contributed by atoms with Crippen molar-refractivity contribution in [2.24, 2.45) is 0 Å². The lowest BCUT2D eigenvalue weighted by atomic mass is 10.3. The van der Waals surface area contributed by atoms with E-state index in [4.69, 9.17) is 0 Å². The van der Waals surface area contributed by atoms with Gasteiger partial charge in [0.1, 0.15) is 11.6 Å². The molecule has 0 saturated carbocycles. The maximum Gasteiger partial charge on any atom is 0.276 e. The number of nitrogens with one attached hydrogen (secondary N) is 1. The summed E-state index contributed by atoms with van der Waals surface area (Å²) in [4.78, 5) is 17.0. The van der Waals surface area contributed by atoms with Gasteiger partial charge in [0.25, 0.3) is 5.69 Å². The third-order valence-corrected chi connectivity index (χ3v) is 2.80. The standard InChI is InChI=1S/C11H16N4O2/c1-2-12-10-7-9(15(16)17)8-11(13-10)14-5-3-4-6-14/h7-8H,2-6H2,1H3,(H,12,13). The fourth-order valence-electron chi connectivity index (χ4n) is 1.99. The van der Waals surface area contributed by atoms with Crippen molar-refractivity contribution in [2.75, 3.05) is 29.9 Å². The molecule has 2 heterocycles. The van der Waals surface area contributed by atoms with Gasteiger partial charge < -0.3 is 10.2 Å². The van der Waals surface area contributed by atoms with E-state index in [9.17, 15) is 10.1 Å². The first kappa shape index (κ1) is 11.6. The van der Waals surface area contributed by atoms with Crippen LogP contribution in [0.1, 0.15) is 19.8 Å². The zero-order valence-electron chi connectivity index (χ0n) is 9.85. The Morgan fingerprint density at radius 1 is 1.47 bits per heavy atom. The van der Waals surface area contributed by atoms with Crippen molar-refractivity contribution < 1.29 is 4.92 Å². The summed E-state index contributed by atoms with van der Waals surface area (Å²) in [6.07, 6.45) is 2.25. The molecule has 0 spiro atoms. The molecular formula is C11H16N4O2. The van der Waals surface area contributed by atoms with Gasteiger partial charge in [-0.1, -0.05) is 0 Å². The number of hydrogen-bond acceptors (Lipinski definition) is 5. The van der Waals surface area contributed by atoms with Gasteiger partial charge in [-0.3, -0.25) is 10.1 Å². The van der Waals surface area contributed by atoms with E-state index in [0.29, 0.717) is 18.2 Å². The lowest BCUT2D eigenvalue weighted by Gasteiger charge is -2.17. The van der Waals surface area contributed by atoms with Gasteiger partial charge >= 0.3 is 0 Å². The van der Waals surface area contributed by atoms with Crippen molar-refractivity contribution in [1.82, 2.24) is 4.98 Å². The Kier molecular flexibility index (Phi) is 3.41. The summed E-state index contributed by atoms with van der Waals surface area (Å²) in [5.41, 5.74) is 0.0952. The Bertz CT molecular complexity index is 416. The summed E-state index contributed by atoms with van der Waals surface area (Å²) in [5, 5.41) is 13.9. The van der Waals surface area contributed by atoms with Crippen molar-refractivity contribution in [3.05, 3.63) is 22.2 Å². The SMILES string of the molecule is CCNc1cc([N+](=O)[O-])cc(N2CCCC2)n1. The van der Waals surface area contributed by atoms with E-state index in [-0.39, 0.29) is 10.6 Å². The molecule has 6 nitrogen and oxygen atoms in total. The molecule has 1 fully saturated rings. The fourth-order valence-corrected chi connectivity index (χ4v) is 1.99. The summed E-state index contributed by atoms with van der Waals surface area (Å²) in [6, 6.07) is 3.02. The van der Waals surface area contributed by atoms with Crippen LogP contribution in [0, 0.1) is 10.1 Å². The molecule has 0 radical (unpaired) electrons. The molecule has 1 N–H and O–H groups in total. The molecule has 17 heavy (non-hydrogen) atoms. The minimum atomic E-state index is -0.373. The van der Waals surface area contributed by atoms with E-state index < -0.39 is 0 Å². The third-order valence-electron chi connectivity index (χ3n) is 2.80. The van der Waals surface area contributed by atoms with Crippen LogP contribution in [0.3, 0.4) is 0 Å². The highest BCUT2D eigenvalue weighted by Crippen LogP contribution is 2.25. The highest BCUT2D eigenvalue weighted by atomic mass is 16.6. The number of nitrogens with zero attached hydrogens (tertiary/aromatic N) is 3. The smallest absolute Gasteiger partial charge is 0.276 e. The van der Waals surface area contributed by atoms with Crippen molar-refractivity contribution in [2.45, 2.75) is 19.8 Å². The van der Waals surface area contributed by atoms with Gasteiger partial charge in [0.2, 0.25) is 0 Å². The van der Waals surface area contributed by atoms with Crippen LogP contribution in [-0.2, 0) is 0 Å². The molecule has 1 aromatic rings. The van der Waals surface area contributed by atoms with Gasteiger partial charge in [-0.2, -0.15) is 0 Å². The monoisotopic (exact) mass is 236 g/mol. The summed E-state index contributed by atoms with van der Waals surface area (Å²) in [7, 11) is 0. The Morgan fingerprint density at radius 3 is 2.76 bits per heavy atom. The Hall–Kier alpha value is -1.85. The van der Waals surface area contributed by atoms with E-state index in [1.807, 2.05) is 6.92 Å². The second-order valence-electron chi connectivity index (χ2n) is 4.05. The normalized spacial score (nSPS) is 15.0. The third kappa shape index (κ3) is 2.64. The molecule has 0 amide bonds. The van der Waals surface area contributed by atoms with Crippen LogP contribution in [0.25, 0.3) is 0 Å². The molecule has 0 aromatic carbocycles. The van der Waals surface area contributed by atoms with Crippen LogP contribution in [0.4, 0.5) is 17.3 Å². The van der Waals surface area contributed by atoms with E-state index in [0.717, 1.165) is 25.9 Å². The summed E-state index contributed by atoms with van der Waals surface area (Å²) in [6.45, 7) is 4.50. The molecule has 1 aromatic heterocycles.